The number of hydrogen-bond donors (Lipinski definition) is 0. The van der Waals surface area contributed by atoms with Gasteiger partial charge in [-0.1, -0.05) is 29.8 Å². The van der Waals surface area contributed by atoms with Crippen molar-refractivity contribution < 1.29 is 14.3 Å². The quantitative estimate of drug-likeness (QED) is 0.828. The Labute approximate surface area is 151 Å². The van der Waals surface area contributed by atoms with Crippen LogP contribution in [-0.2, 0) is 4.79 Å². The lowest BCUT2D eigenvalue weighted by Crippen LogP contribution is -2.24. The summed E-state index contributed by atoms with van der Waals surface area (Å²) in [5.41, 5.74) is 2.53. The van der Waals surface area contributed by atoms with Crippen molar-refractivity contribution in [2.24, 2.45) is 5.10 Å². The van der Waals surface area contributed by atoms with Crippen molar-refractivity contribution in [1.82, 2.24) is 5.01 Å². The fraction of sp³-hybridized carbons (Fsp3) is 0.263. The number of rotatable bonds is 4. The number of methoxy groups -OCH3 is 2. The van der Waals surface area contributed by atoms with E-state index in [1.165, 1.54) is 11.9 Å². The highest BCUT2D eigenvalue weighted by atomic mass is 35.5. The molecule has 0 aromatic heterocycles. The lowest BCUT2D eigenvalue weighted by atomic mass is 9.98. The van der Waals surface area contributed by atoms with Gasteiger partial charge in [-0.05, 0) is 23.8 Å². The van der Waals surface area contributed by atoms with E-state index in [0.717, 1.165) is 16.8 Å². The first-order valence-electron chi connectivity index (χ1n) is 7.88. The predicted octanol–water partition coefficient (Wildman–Crippen LogP) is 4.05. The first kappa shape index (κ1) is 17.3. The summed E-state index contributed by atoms with van der Waals surface area (Å²) in [5.74, 6) is 1.22. The van der Waals surface area contributed by atoms with Gasteiger partial charge in [-0.2, -0.15) is 5.10 Å². The molecular weight excluding hydrogens is 340 g/mol. The average molecular weight is 359 g/mol. The topological polar surface area (TPSA) is 51.1 Å². The van der Waals surface area contributed by atoms with Crippen LogP contribution < -0.4 is 9.47 Å². The number of hydrazone groups is 1. The van der Waals surface area contributed by atoms with Crippen molar-refractivity contribution in [2.75, 3.05) is 14.2 Å². The summed E-state index contributed by atoms with van der Waals surface area (Å²) in [4.78, 5) is 12.1. The zero-order valence-electron chi connectivity index (χ0n) is 14.3. The van der Waals surface area contributed by atoms with Gasteiger partial charge >= 0.3 is 0 Å². The molecule has 0 radical (unpaired) electrons. The number of ether oxygens (including phenoxy) is 2. The van der Waals surface area contributed by atoms with Crippen LogP contribution in [0.4, 0.5) is 0 Å². The van der Waals surface area contributed by atoms with Crippen LogP contribution >= 0.6 is 11.6 Å². The molecule has 1 amide bonds. The molecule has 0 saturated heterocycles. The number of carbonyl (C=O) groups is 1. The molecule has 1 aliphatic rings. The SMILES string of the molecule is COc1cc(OC)cc(C2=NN(C(C)=O)C(c3ccccc3Cl)C2)c1. The maximum absolute atomic E-state index is 12.1. The Bertz CT molecular complexity index is 813. The van der Waals surface area contributed by atoms with Gasteiger partial charge < -0.3 is 9.47 Å². The van der Waals surface area contributed by atoms with E-state index in [2.05, 4.69) is 5.10 Å². The third-order valence-electron chi connectivity index (χ3n) is 4.18. The molecule has 130 valence electrons. The molecule has 1 unspecified atom stereocenters. The molecule has 2 aromatic rings. The van der Waals surface area contributed by atoms with E-state index in [1.807, 2.05) is 36.4 Å². The van der Waals surface area contributed by atoms with Crippen molar-refractivity contribution in [3.8, 4) is 11.5 Å². The minimum absolute atomic E-state index is 0.130. The van der Waals surface area contributed by atoms with Gasteiger partial charge in [0.2, 0.25) is 5.91 Å². The minimum atomic E-state index is -0.224. The van der Waals surface area contributed by atoms with Gasteiger partial charge in [-0.25, -0.2) is 5.01 Å². The summed E-state index contributed by atoms with van der Waals surface area (Å²) in [6, 6.07) is 12.9. The molecule has 25 heavy (non-hydrogen) atoms. The van der Waals surface area contributed by atoms with Crippen LogP contribution in [0.2, 0.25) is 5.02 Å². The third-order valence-corrected chi connectivity index (χ3v) is 4.53. The normalized spacial score (nSPS) is 16.6. The van der Waals surface area contributed by atoms with Gasteiger partial charge in [0.1, 0.15) is 11.5 Å². The Morgan fingerprint density at radius 2 is 1.80 bits per heavy atom. The van der Waals surface area contributed by atoms with Crippen LogP contribution in [0.1, 0.15) is 30.5 Å². The smallest absolute Gasteiger partial charge is 0.240 e. The predicted molar refractivity (Wildman–Crippen MR) is 97.4 cm³/mol. The second-order valence-corrected chi connectivity index (χ2v) is 6.16. The first-order chi connectivity index (χ1) is 12.0. The molecule has 0 saturated carbocycles. The second kappa shape index (κ2) is 7.15. The Hall–Kier alpha value is -2.53. The highest BCUT2D eigenvalue weighted by Crippen LogP contribution is 2.37. The number of carbonyl (C=O) groups excluding carboxylic acids is 1. The van der Waals surface area contributed by atoms with E-state index in [4.69, 9.17) is 21.1 Å². The summed E-state index contributed by atoms with van der Waals surface area (Å²) in [7, 11) is 3.20. The van der Waals surface area contributed by atoms with Gasteiger partial charge in [0, 0.05) is 30.0 Å². The van der Waals surface area contributed by atoms with Crippen LogP contribution in [0.15, 0.2) is 47.6 Å². The Morgan fingerprint density at radius 1 is 1.16 bits per heavy atom. The summed E-state index contributed by atoms with van der Waals surface area (Å²) in [6.07, 6.45) is 0.569. The lowest BCUT2D eigenvalue weighted by molar-refractivity contribution is -0.130. The standard InChI is InChI=1S/C19H19ClN2O3/c1-12(23)22-19(16-6-4-5-7-17(16)20)11-18(21-22)13-8-14(24-2)10-15(9-13)25-3/h4-10,19H,11H2,1-3H3. The monoisotopic (exact) mass is 358 g/mol. The van der Waals surface area contributed by atoms with E-state index in [-0.39, 0.29) is 11.9 Å². The van der Waals surface area contributed by atoms with Gasteiger partial charge in [0.05, 0.1) is 26.0 Å². The number of halogens is 1. The molecule has 0 spiro atoms. The second-order valence-electron chi connectivity index (χ2n) is 5.75. The molecule has 5 nitrogen and oxygen atoms in total. The fourth-order valence-electron chi connectivity index (χ4n) is 2.94. The fourth-order valence-corrected chi connectivity index (χ4v) is 3.20. The summed E-state index contributed by atoms with van der Waals surface area (Å²) >= 11 is 6.33. The largest absolute Gasteiger partial charge is 0.497 e. The average Bonchev–Trinajstić information content (AvgIpc) is 3.07. The third kappa shape index (κ3) is 3.46. The molecule has 3 rings (SSSR count). The van der Waals surface area contributed by atoms with E-state index in [9.17, 15) is 4.79 Å². The minimum Gasteiger partial charge on any atom is -0.497 e. The summed E-state index contributed by atoms with van der Waals surface area (Å²) in [6.45, 7) is 1.50. The van der Waals surface area contributed by atoms with Crippen LogP contribution in [0.3, 0.4) is 0 Å². The summed E-state index contributed by atoms with van der Waals surface area (Å²) < 4.78 is 10.7. The highest BCUT2D eigenvalue weighted by molar-refractivity contribution is 6.31. The Balaban J connectivity index is 2.00. The number of hydrogen-bond acceptors (Lipinski definition) is 4. The molecule has 1 heterocycles. The molecule has 1 aliphatic heterocycles. The van der Waals surface area contributed by atoms with E-state index >= 15 is 0 Å². The molecular formula is C19H19ClN2O3. The zero-order valence-corrected chi connectivity index (χ0v) is 15.1. The number of benzene rings is 2. The van der Waals surface area contributed by atoms with Crippen LogP contribution in [0.25, 0.3) is 0 Å². The van der Waals surface area contributed by atoms with E-state index in [0.29, 0.717) is 22.9 Å². The molecule has 1 atom stereocenters. The maximum Gasteiger partial charge on any atom is 0.240 e. The van der Waals surface area contributed by atoms with Crippen LogP contribution in [0, 0.1) is 0 Å². The Kier molecular flexibility index (Phi) is 4.95. The molecule has 6 heteroatoms. The Morgan fingerprint density at radius 3 is 2.36 bits per heavy atom. The first-order valence-corrected chi connectivity index (χ1v) is 8.26. The van der Waals surface area contributed by atoms with Gasteiger partial charge in [-0.3, -0.25) is 4.79 Å². The molecule has 2 aromatic carbocycles. The highest BCUT2D eigenvalue weighted by Gasteiger charge is 2.32. The van der Waals surface area contributed by atoms with E-state index in [1.54, 1.807) is 20.3 Å². The van der Waals surface area contributed by atoms with Crippen LogP contribution in [-0.4, -0.2) is 30.8 Å². The van der Waals surface area contributed by atoms with Crippen molar-refractivity contribution in [1.29, 1.82) is 0 Å². The van der Waals surface area contributed by atoms with Gasteiger partial charge in [-0.15, -0.1) is 0 Å². The van der Waals surface area contributed by atoms with Crippen molar-refractivity contribution in [3.05, 3.63) is 58.6 Å². The van der Waals surface area contributed by atoms with Gasteiger partial charge in [0.15, 0.2) is 0 Å². The van der Waals surface area contributed by atoms with Crippen molar-refractivity contribution in [2.45, 2.75) is 19.4 Å². The van der Waals surface area contributed by atoms with Crippen LogP contribution in [0.5, 0.6) is 11.5 Å². The number of nitrogens with zero attached hydrogens (tertiary/aromatic N) is 2. The number of amides is 1. The molecule has 0 N–H and O–H groups in total. The van der Waals surface area contributed by atoms with Crippen molar-refractivity contribution >= 4 is 23.2 Å². The molecule has 0 fully saturated rings. The maximum atomic E-state index is 12.1. The van der Waals surface area contributed by atoms with E-state index < -0.39 is 0 Å². The molecule has 0 aliphatic carbocycles. The van der Waals surface area contributed by atoms with Crippen molar-refractivity contribution in [3.63, 3.8) is 0 Å². The lowest BCUT2D eigenvalue weighted by Gasteiger charge is -2.21. The zero-order chi connectivity index (χ0) is 18.0. The summed E-state index contributed by atoms with van der Waals surface area (Å²) in [5, 5.41) is 6.65. The van der Waals surface area contributed by atoms with Gasteiger partial charge in [0.25, 0.3) is 0 Å². The molecule has 0 bridgehead atoms.